The van der Waals surface area contributed by atoms with Gasteiger partial charge < -0.3 is 5.32 Å². The van der Waals surface area contributed by atoms with Crippen molar-refractivity contribution in [3.8, 4) is 11.4 Å². The van der Waals surface area contributed by atoms with E-state index in [9.17, 15) is 4.79 Å². The fraction of sp³-hybridized carbons (Fsp3) is 0.214. The number of hydrogen-bond acceptors (Lipinski definition) is 5. The van der Waals surface area contributed by atoms with E-state index in [0.29, 0.717) is 28.6 Å². The lowest BCUT2D eigenvalue weighted by Crippen LogP contribution is -2.28. The number of H-pyrrole nitrogens is 2. The van der Waals surface area contributed by atoms with Crippen molar-refractivity contribution in [3.05, 3.63) is 47.8 Å². The first-order valence-corrected chi connectivity index (χ1v) is 6.79. The molecule has 3 N–H and O–H groups in total. The molecule has 0 unspecified atom stereocenters. The Kier molecular flexibility index (Phi) is 3.65. The average molecular weight is 297 g/mol. The summed E-state index contributed by atoms with van der Waals surface area (Å²) in [6.45, 7) is 3.64. The Morgan fingerprint density at radius 3 is 2.77 bits per heavy atom. The molecule has 0 spiro atoms. The van der Waals surface area contributed by atoms with Gasteiger partial charge in [-0.15, -0.1) is 0 Å². The molecule has 1 atom stereocenters. The van der Waals surface area contributed by atoms with Crippen LogP contribution in [0.25, 0.3) is 11.4 Å². The lowest BCUT2D eigenvalue weighted by Gasteiger charge is -2.12. The van der Waals surface area contributed by atoms with Crippen molar-refractivity contribution in [2.24, 2.45) is 0 Å². The van der Waals surface area contributed by atoms with Gasteiger partial charge in [0.25, 0.3) is 5.91 Å². The molecule has 8 nitrogen and oxygen atoms in total. The highest BCUT2D eigenvalue weighted by molar-refractivity contribution is 6.00. The van der Waals surface area contributed by atoms with Gasteiger partial charge in [-0.3, -0.25) is 15.0 Å². The molecule has 0 saturated carbocycles. The molecule has 0 aliphatic rings. The molecule has 0 fully saturated rings. The van der Waals surface area contributed by atoms with Crippen LogP contribution in [0, 0.1) is 6.92 Å². The van der Waals surface area contributed by atoms with E-state index >= 15 is 0 Å². The van der Waals surface area contributed by atoms with E-state index < -0.39 is 0 Å². The monoisotopic (exact) mass is 297 g/mol. The quantitative estimate of drug-likeness (QED) is 0.673. The SMILES string of the molecule is Cc1nc([C@H](C)NC(=O)c2ccccc2-c2ncn[nH]2)n[nH]1. The highest BCUT2D eigenvalue weighted by Crippen LogP contribution is 2.20. The van der Waals surface area contributed by atoms with Crippen LogP contribution in [-0.4, -0.2) is 36.3 Å². The number of aromatic nitrogens is 6. The largest absolute Gasteiger partial charge is 0.342 e. The molecule has 2 heterocycles. The van der Waals surface area contributed by atoms with E-state index in [1.54, 1.807) is 12.1 Å². The standard InChI is InChI=1S/C14H15N7O/c1-8(12-18-9(2)19-21-12)17-14(22)11-6-4-3-5-10(11)13-15-7-16-20-13/h3-8H,1-2H3,(H,17,22)(H,15,16,20)(H,18,19,21)/t8-/m0/s1. The van der Waals surface area contributed by atoms with Crippen LogP contribution in [0.1, 0.15) is 35.0 Å². The van der Waals surface area contributed by atoms with E-state index in [1.165, 1.54) is 6.33 Å². The van der Waals surface area contributed by atoms with Crippen molar-refractivity contribution < 1.29 is 4.79 Å². The highest BCUT2D eigenvalue weighted by Gasteiger charge is 2.18. The zero-order valence-corrected chi connectivity index (χ0v) is 12.2. The summed E-state index contributed by atoms with van der Waals surface area (Å²) in [6, 6.07) is 6.90. The number of carbonyl (C=O) groups is 1. The summed E-state index contributed by atoms with van der Waals surface area (Å²) in [6.07, 6.45) is 1.41. The second-order valence-electron chi connectivity index (χ2n) is 4.85. The molecule has 22 heavy (non-hydrogen) atoms. The average Bonchev–Trinajstić information content (AvgIpc) is 3.18. The predicted octanol–water partition coefficient (Wildman–Crippen LogP) is 1.39. The number of hydrogen-bond donors (Lipinski definition) is 3. The molecule has 1 amide bonds. The number of amides is 1. The second kappa shape index (κ2) is 5.76. The van der Waals surface area contributed by atoms with Gasteiger partial charge in [-0.05, 0) is 19.9 Å². The minimum absolute atomic E-state index is 0.220. The lowest BCUT2D eigenvalue weighted by molar-refractivity contribution is 0.0939. The van der Waals surface area contributed by atoms with E-state index in [2.05, 4.69) is 35.7 Å². The molecular weight excluding hydrogens is 282 g/mol. The van der Waals surface area contributed by atoms with Crippen molar-refractivity contribution in [3.63, 3.8) is 0 Å². The number of nitrogens with zero attached hydrogens (tertiary/aromatic N) is 4. The zero-order valence-electron chi connectivity index (χ0n) is 12.2. The molecular formula is C14H15N7O. The zero-order chi connectivity index (χ0) is 15.5. The maximum absolute atomic E-state index is 12.5. The molecule has 0 bridgehead atoms. The first-order valence-electron chi connectivity index (χ1n) is 6.79. The summed E-state index contributed by atoms with van der Waals surface area (Å²) in [7, 11) is 0. The van der Waals surface area contributed by atoms with Gasteiger partial charge in [0.1, 0.15) is 12.2 Å². The van der Waals surface area contributed by atoms with Crippen LogP contribution in [0.3, 0.4) is 0 Å². The van der Waals surface area contributed by atoms with E-state index in [0.717, 1.165) is 0 Å². The smallest absolute Gasteiger partial charge is 0.252 e. The third kappa shape index (κ3) is 2.71. The van der Waals surface area contributed by atoms with E-state index in [1.807, 2.05) is 26.0 Å². The van der Waals surface area contributed by atoms with Crippen molar-refractivity contribution in [2.45, 2.75) is 19.9 Å². The lowest BCUT2D eigenvalue weighted by atomic mass is 10.1. The second-order valence-corrected chi connectivity index (χ2v) is 4.85. The van der Waals surface area contributed by atoms with Gasteiger partial charge in [0.05, 0.1) is 11.6 Å². The topological polar surface area (TPSA) is 112 Å². The number of nitrogens with one attached hydrogen (secondary N) is 3. The van der Waals surface area contributed by atoms with Gasteiger partial charge in [0.15, 0.2) is 11.6 Å². The fourth-order valence-corrected chi connectivity index (χ4v) is 2.12. The van der Waals surface area contributed by atoms with Crippen LogP contribution in [0.15, 0.2) is 30.6 Å². The Hall–Kier alpha value is -3.03. The van der Waals surface area contributed by atoms with Crippen molar-refractivity contribution >= 4 is 5.91 Å². The Bertz CT molecular complexity index is 778. The normalized spacial score (nSPS) is 12.1. The molecule has 3 aromatic rings. The van der Waals surface area contributed by atoms with Gasteiger partial charge in [0.2, 0.25) is 0 Å². The van der Waals surface area contributed by atoms with Gasteiger partial charge in [-0.2, -0.15) is 10.2 Å². The van der Waals surface area contributed by atoms with Crippen molar-refractivity contribution in [1.29, 1.82) is 0 Å². The van der Waals surface area contributed by atoms with Crippen LogP contribution in [0.2, 0.25) is 0 Å². The molecule has 2 aromatic heterocycles. The maximum Gasteiger partial charge on any atom is 0.252 e. The molecule has 0 aliphatic carbocycles. The third-order valence-corrected chi connectivity index (χ3v) is 3.19. The summed E-state index contributed by atoms with van der Waals surface area (Å²) in [5.41, 5.74) is 1.20. The van der Waals surface area contributed by atoms with Gasteiger partial charge in [-0.1, -0.05) is 18.2 Å². The molecule has 3 rings (SSSR count). The Morgan fingerprint density at radius 1 is 1.27 bits per heavy atom. The van der Waals surface area contributed by atoms with Crippen molar-refractivity contribution in [1.82, 2.24) is 35.7 Å². The van der Waals surface area contributed by atoms with Crippen molar-refractivity contribution in [2.75, 3.05) is 0 Å². The molecule has 0 aliphatic heterocycles. The Morgan fingerprint density at radius 2 is 2.09 bits per heavy atom. The molecule has 8 heteroatoms. The van der Waals surface area contributed by atoms with E-state index in [-0.39, 0.29) is 11.9 Å². The summed E-state index contributed by atoms with van der Waals surface area (Å²) in [4.78, 5) is 20.8. The van der Waals surface area contributed by atoms with Gasteiger partial charge in [-0.25, -0.2) is 9.97 Å². The summed E-state index contributed by atoms with van der Waals surface area (Å²) in [5, 5.41) is 16.3. The Balaban J connectivity index is 1.84. The minimum Gasteiger partial charge on any atom is -0.342 e. The number of aromatic amines is 2. The summed E-state index contributed by atoms with van der Waals surface area (Å²) >= 11 is 0. The summed E-state index contributed by atoms with van der Waals surface area (Å²) < 4.78 is 0. The van der Waals surface area contributed by atoms with Crippen LogP contribution < -0.4 is 5.32 Å². The molecule has 0 saturated heterocycles. The number of benzene rings is 1. The van der Waals surface area contributed by atoms with Gasteiger partial charge in [0, 0.05) is 5.56 Å². The van der Waals surface area contributed by atoms with Crippen LogP contribution in [-0.2, 0) is 0 Å². The maximum atomic E-state index is 12.5. The van der Waals surface area contributed by atoms with Crippen LogP contribution in [0.5, 0.6) is 0 Å². The Labute approximate surface area is 126 Å². The number of carbonyl (C=O) groups excluding carboxylic acids is 1. The first kappa shape index (κ1) is 13.9. The minimum atomic E-state index is -0.305. The molecule has 112 valence electrons. The molecule has 1 aromatic carbocycles. The van der Waals surface area contributed by atoms with Crippen LogP contribution in [0.4, 0.5) is 0 Å². The number of rotatable bonds is 4. The first-order chi connectivity index (χ1) is 10.6. The van der Waals surface area contributed by atoms with Crippen LogP contribution >= 0.6 is 0 Å². The number of aryl methyl sites for hydroxylation is 1. The third-order valence-electron chi connectivity index (χ3n) is 3.19. The predicted molar refractivity (Wildman–Crippen MR) is 78.8 cm³/mol. The van der Waals surface area contributed by atoms with E-state index in [4.69, 9.17) is 0 Å². The fourth-order valence-electron chi connectivity index (χ4n) is 2.12. The van der Waals surface area contributed by atoms with Gasteiger partial charge >= 0.3 is 0 Å². The highest BCUT2D eigenvalue weighted by atomic mass is 16.1. The molecule has 0 radical (unpaired) electrons. The summed E-state index contributed by atoms with van der Waals surface area (Å²) in [5.74, 6) is 1.58.